The highest BCUT2D eigenvalue weighted by molar-refractivity contribution is 7.88. The summed E-state index contributed by atoms with van der Waals surface area (Å²) < 4.78 is 24.2. The number of amides is 2. The summed E-state index contributed by atoms with van der Waals surface area (Å²) in [6.45, 7) is 1.29. The molecule has 8 heteroatoms. The van der Waals surface area contributed by atoms with Crippen LogP contribution in [0.1, 0.15) is 25.7 Å². The second kappa shape index (κ2) is 6.09. The van der Waals surface area contributed by atoms with Crippen molar-refractivity contribution in [1.29, 1.82) is 0 Å². The van der Waals surface area contributed by atoms with Crippen molar-refractivity contribution in [3.05, 3.63) is 0 Å². The molecule has 114 valence electrons. The van der Waals surface area contributed by atoms with Crippen LogP contribution >= 0.6 is 0 Å². The maximum absolute atomic E-state index is 12.1. The van der Waals surface area contributed by atoms with Crippen LogP contribution in [0.15, 0.2) is 0 Å². The Morgan fingerprint density at radius 3 is 2.45 bits per heavy atom. The summed E-state index contributed by atoms with van der Waals surface area (Å²) in [4.78, 5) is 23.1. The molecule has 7 nitrogen and oxygen atoms in total. The number of carbonyl (C=O) groups is 2. The van der Waals surface area contributed by atoms with Gasteiger partial charge in [-0.15, -0.1) is 0 Å². The van der Waals surface area contributed by atoms with E-state index in [9.17, 15) is 18.0 Å². The average Bonchev–Trinajstić information content (AvgIpc) is 2.39. The van der Waals surface area contributed by atoms with Gasteiger partial charge in [-0.05, 0) is 19.3 Å². The molecule has 20 heavy (non-hydrogen) atoms. The maximum Gasteiger partial charge on any atom is 0.225 e. The predicted molar refractivity (Wildman–Crippen MR) is 73.3 cm³/mol. The third-order valence-electron chi connectivity index (χ3n) is 3.91. The molecule has 0 aliphatic carbocycles. The zero-order valence-electron chi connectivity index (χ0n) is 11.6. The van der Waals surface area contributed by atoms with Crippen LogP contribution in [0.2, 0.25) is 0 Å². The minimum atomic E-state index is -3.13. The van der Waals surface area contributed by atoms with Crippen molar-refractivity contribution in [2.45, 2.75) is 31.7 Å². The number of nitrogens with zero attached hydrogens (tertiary/aromatic N) is 1. The van der Waals surface area contributed by atoms with E-state index in [1.807, 2.05) is 0 Å². The Kier molecular flexibility index (Phi) is 4.64. The zero-order valence-corrected chi connectivity index (χ0v) is 12.4. The Balaban J connectivity index is 1.78. The highest BCUT2D eigenvalue weighted by Gasteiger charge is 2.29. The smallest absolute Gasteiger partial charge is 0.225 e. The van der Waals surface area contributed by atoms with Gasteiger partial charge in [-0.1, -0.05) is 0 Å². The topological polar surface area (TPSA) is 95.6 Å². The van der Waals surface area contributed by atoms with Gasteiger partial charge in [0, 0.05) is 32.1 Å². The summed E-state index contributed by atoms with van der Waals surface area (Å²) in [6.07, 6.45) is 3.46. The molecule has 2 amide bonds. The lowest BCUT2D eigenvalue weighted by Gasteiger charge is -2.32. The number of rotatable bonds is 3. The van der Waals surface area contributed by atoms with Crippen LogP contribution < -0.4 is 10.6 Å². The number of hydrogen-bond donors (Lipinski definition) is 2. The van der Waals surface area contributed by atoms with Crippen molar-refractivity contribution in [2.24, 2.45) is 5.92 Å². The van der Waals surface area contributed by atoms with Gasteiger partial charge in [-0.2, -0.15) is 0 Å². The summed E-state index contributed by atoms with van der Waals surface area (Å²) in [6, 6.07) is 0.0260. The average molecular weight is 303 g/mol. The first-order valence-electron chi connectivity index (χ1n) is 6.88. The summed E-state index contributed by atoms with van der Waals surface area (Å²) in [5.74, 6) is -0.209. The lowest BCUT2D eigenvalue weighted by atomic mass is 9.97. The second-order valence-corrected chi connectivity index (χ2v) is 7.47. The summed E-state index contributed by atoms with van der Waals surface area (Å²) >= 11 is 0. The quantitative estimate of drug-likeness (QED) is 0.703. The highest BCUT2D eigenvalue weighted by atomic mass is 32.2. The molecule has 2 aliphatic rings. The number of piperidine rings is 2. The van der Waals surface area contributed by atoms with Crippen LogP contribution in [0.25, 0.3) is 0 Å². The third-order valence-corrected chi connectivity index (χ3v) is 5.21. The van der Waals surface area contributed by atoms with Crippen molar-refractivity contribution in [3.8, 4) is 0 Å². The van der Waals surface area contributed by atoms with Crippen LogP contribution in [-0.2, 0) is 19.6 Å². The van der Waals surface area contributed by atoms with Gasteiger partial charge in [0.2, 0.25) is 21.8 Å². The van der Waals surface area contributed by atoms with E-state index in [4.69, 9.17) is 0 Å². The minimum absolute atomic E-state index is 0.00416. The number of carbonyl (C=O) groups excluding carboxylic acids is 2. The van der Waals surface area contributed by atoms with Crippen molar-refractivity contribution in [2.75, 3.05) is 25.9 Å². The Morgan fingerprint density at radius 1 is 1.30 bits per heavy atom. The van der Waals surface area contributed by atoms with E-state index < -0.39 is 10.0 Å². The van der Waals surface area contributed by atoms with Crippen LogP contribution in [0.4, 0.5) is 0 Å². The van der Waals surface area contributed by atoms with Crippen LogP contribution in [0, 0.1) is 5.92 Å². The lowest BCUT2D eigenvalue weighted by Crippen LogP contribution is -2.50. The molecule has 2 rings (SSSR count). The zero-order chi connectivity index (χ0) is 14.8. The van der Waals surface area contributed by atoms with Gasteiger partial charge in [-0.3, -0.25) is 9.59 Å². The highest BCUT2D eigenvalue weighted by Crippen LogP contribution is 2.16. The Labute approximate surface area is 119 Å². The molecule has 2 heterocycles. The van der Waals surface area contributed by atoms with E-state index in [1.165, 1.54) is 10.6 Å². The lowest BCUT2D eigenvalue weighted by molar-refractivity contribution is -0.129. The normalized spacial score (nSPS) is 26.1. The summed E-state index contributed by atoms with van der Waals surface area (Å²) in [7, 11) is -3.13. The Morgan fingerprint density at radius 2 is 1.95 bits per heavy atom. The molecule has 0 bridgehead atoms. The van der Waals surface area contributed by atoms with Gasteiger partial charge in [0.25, 0.3) is 0 Å². The molecule has 1 unspecified atom stereocenters. The largest absolute Gasteiger partial charge is 0.355 e. The molecule has 2 N–H and O–H groups in total. The molecule has 0 saturated carbocycles. The fraction of sp³-hybridized carbons (Fsp3) is 0.833. The van der Waals surface area contributed by atoms with Crippen LogP contribution in [0.3, 0.4) is 0 Å². The van der Waals surface area contributed by atoms with Gasteiger partial charge in [0.1, 0.15) is 0 Å². The van der Waals surface area contributed by atoms with Crippen molar-refractivity contribution < 1.29 is 18.0 Å². The Hall–Kier alpha value is -1.15. The monoisotopic (exact) mass is 303 g/mol. The Bertz CT molecular complexity index is 473. The summed E-state index contributed by atoms with van der Waals surface area (Å²) in [5, 5.41) is 5.65. The summed E-state index contributed by atoms with van der Waals surface area (Å²) in [5.41, 5.74) is 0. The molecule has 0 aromatic heterocycles. The molecule has 0 aromatic rings. The number of sulfonamides is 1. The van der Waals surface area contributed by atoms with Gasteiger partial charge in [0.15, 0.2) is 0 Å². The van der Waals surface area contributed by atoms with Gasteiger partial charge < -0.3 is 10.6 Å². The first kappa shape index (κ1) is 15.2. The first-order valence-corrected chi connectivity index (χ1v) is 8.73. The van der Waals surface area contributed by atoms with Gasteiger partial charge in [0.05, 0.1) is 12.2 Å². The predicted octanol–water partition coefficient (Wildman–Crippen LogP) is -0.947. The van der Waals surface area contributed by atoms with E-state index in [1.54, 1.807) is 0 Å². The number of hydrogen-bond acceptors (Lipinski definition) is 4. The molecule has 2 fully saturated rings. The van der Waals surface area contributed by atoms with E-state index in [0.717, 1.165) is 0 Å². The number of nitrogens with one attached hydrogen (secondary N) is 2. The molecule has 0 aromatic carbocycles. The van der Waals surface area contributed by atoms with Gasteiger partial charge >= 0.3 is 0 Å². The molecular weight excluding hydrogens is 282 g/mol. The van der Waals surface area contributed by atoms with Crippen LogP contribution in [0.5, 0.6) is 0 Å². The molecule has 1 atom stereocenters. The van der Waals surface area contributed by atoms with Gasteiger partial charge in [-0.25, -0.2) is 12.7 Å². The second-order valence-electron chi connectivity index (χ2n) is 5.48. The van der Waals surface area contributed by atoms with E-state index in [2.05, 4.69) is 10.6 Å². The molecule has 2 saturated heterocycles. The van der Waals surface area contributed by atoms with E-state index >= 15 is 0 Å². The molecule has 0 radical (unpaired) electrons. The first-order chi connectivity index (χ1) is 9.36. The maximum atomic E-state index is 12.1. The van der Waals surface area contributed by atoms with Crippen molar-refractivity contribution in [3.63, 3.8) is 0 Å². The van der Waals surface area contributed by atoms with Crippen molar-refractivity contribution >= 4 is 21.8 Å². The SMILES string of the molecule is CS(=O)(=O)N1CCC(NC(=O)C2CCC(=O)NC2)CC1. The fourth-order valence-corrected chi connectivity index (χ4v) is 3.48. The minimum Gasteiger partial charge on any atom is -0.355 e. The third kappa shape index (κ3) is 3.92. The molecular formula is C12H21N3O4S. The fourth-order valence-electron chi connectivity index (χ4n) is 2.61. The van der Waals surface area contributed by atoms with Crippen molar-refractivity contribution in [1.82, 2.24) is 14.9 Å². The van der Waals surface area contributed by atoms with E-state index in [0.29, 0.717) is 45.3 Å². The standard InChI is InChI=1S/C12H21N3O4S/c1-20(18,19)15-6-4-10(5-7-15)14-12(17)9-2-3-11(16)13-8-9/h9-10H,2-8H2,1H3,(H,13,16)(H,14,17). The molecule has 2 aliphatic heterocycles. The molecule has 0 spiro atoms. The van der Waals surface area contributed by atoms with Crippen LogP contribution in [-0.4, -0.2) is 56.5 Å². The van der Waals surface area contributed by atoms with E-state index in [-0.39, 0.29) is 23.8 Å².